The van der Waals surface area contributed by atoms with Crippen molar-refractivity contribution < 1.29 is 17.9 Å². The first-order chi connectivity index (χ1) is 17.0. The van der Waals surface area contributed by atoms with E-state index in [9.17, 15) is 13.2 Å². The first-order valence-corrected chi connectivity index (χ1v) is 11.7. The van der Waals surface area contributed by atoms with Gasteiger partial charge in [-0.05, 0) is 41.3 Å². The van der Waals surface area contributed by atoms with Crippen molar-refractivity contribution in [3.8, 4) is 16.5 Å². The molecule has 35 heavy (non-hydrogen) atoms. The maximum atomic E-state index is 12.9. The third-order valence-electron chi connectivity index (χ3n) is 5.25. The van der Waals surface area contributed by atoms with Crippen LogP contribution in [0, 0.1) is 0 Å². The van der Waals surface area contributed by atoms with E-state index in [4.69, 9.17) is 9.72 Å². The summed E-state index contributed by atoms with van der Waals surface area (Å²) >= 11 is 1.52. The first-order valence-electron chi connectivity index (χ1n) is 10.8. The molecule has 0 bridgehead atoms. The number of alkyl halides is 3. The summed E-state index contributed by atoms with van der Waals surface area (Å²) in [4.78, 5) is 14.8. The Labute approximate surface area is 203 Å². The minimum absolute atomic E-state index is 0.325. The van der Waals surface area contributed by atoms with Crippen molar-refractivity contribution in [1.29, 1.82) is 0 Å². The molecule has 2 aromatic carbocycles. The van der Waals surface area contributed by atoms with Crippen molar-refractivity contribution >= 4 is 28.3 Å². The van der Waals surface area contributed by atoms with Crippen LogP contribution in [0.4, 0.5) is 19.0 Å². The highest BCUT2D eigenvalue weighted by atomic mass is 32.1. The summed E-state index contributed by atoms with van der Waals surface area (Å²) in [5, 5.41) is 5.24. The van der Waals surface area contributed by atoms with E-state index in [2.05, 4.69) is 15.3 Å². The Morgan fingerprint density at radius 2 is 1.74 bits per heavy atom. The number of halogens is 3. The van der Waals surface area contributed by atoms with Gasteiger partial charge in [0.05, 0.1) is 29.9 Å². The predicted molar refractivity (Wildman–Crippen MR) is 130 cm³/mol. The number of aromatic nitrogens is 4. The summed E-state index contributed by atoms with van der Waals surface area (Å²) in [7, 11) is 0. The Morgan fingerprint density at radius 1 is 0.943 bits per heavy atom. The second-order valence-corrected chi connectivity index (χ2v) is 8.65. The maximum absolute atomic E-state index is 12.9. The van der Waals surface area contributed by atoms with Crippen LogP contribution in [-0.4, -0.2) is 32.7 Å². The molecule has 0 aliphatic carbocycles. The number of para-hydroxylation sites is 1. The molecule has 0 amide bonds. The lowest BCUT2D eigenvalue weighted by atomic mass is 10.1. The zero-order valence-electron chi connectivity index (χ0n) is 18.4. The molecule has 0 spiro atoms. The van der Waals surface area contributed by atoms with Crippen LogP contribution in [-0.2, 0) is 12.7 Å². The quantitative estimate of drug-likeness (QED) is 0.263. The summed E-state index contributed by atoms with van der Waals surface area (Å²) in [5.74, 6) is 1.90. The van der Waals surface area contributed by atoms with Crippen molar-refractivity contribution in [1.82, 2.24) is 19.5 Å². The predicted octanol–water partition coefficient (Wildman–Crippen LogP) is 6.11. The summed E-state index contributed by atoms with van der Waals surface area (Å²) in [5.41, 5.74) is 1.20. The number of thiophene rings is 1. The lowest BCUT2D eigenvalue weighted by Gasteiger charge is -2.11. The van der Waals surface area contributed by atoms with Crippen LogP contribution in [0.2, 0.25) is 0 Å². The van der Waals surface area contributed by atoms with Crippen LogP contribution in [0.3, 0.4) is 0 Å². The normalized spacial score (nSPS) is 11.6. The first kappa shape index (κ1) is 22.9. The highest BCUT2D eigenvalue weighted by Crippen LogP contribution is 2.30. The number of ether oxygens (including phenoxy) is 1. The maximum Gasteiger partial charge on any atom is 0.416 e. The Morgan fingerprint density at radius 3 is 2.46 bits per heavy atom. The summed E-state index contributed by atoms with van der Waals surface area (Å²) in [6, 6.07) is 18.5. The van der Waals surface area contributed by atoms with Gasteiger partial charge in [-0.1, -0.05) is 36.4 Å². The van der Waals surface area contributed by atoms with Gasteiger partial charge in [-0.2, -0.15) is 13.2 Å². The third kappa shape index (κ3) is 5.27. The monoisotopic (exact) mass is 495 g/mol. The molecule has 0 aliphatic rings. The molecular formula is C25H20F3N5OS. The van der Waals surface area contributed by atoms with Gasteiger partial charge in [0.15, 0.2) is 17.3 Å². The molecule has 0 saturated heterocycles. The number of benzene rings is 2. The number of nitrogens with one attached hydrogen (secondary N) is 1. The van der Waals surface area contributed by atoms with Crippen LogP contribution in [0.5, 0.6) is 5.75 Å². The number of hydrogen-bond acceptors (Lipinski definition) is 6. The van der Waals surface area contributed by atoms with Crippen molar-refractivity contribution in [3.63, 3.8) is 0 Å². The van der Waals surface area contributed by atoms with Gasteiger partial charge in [0.1, 0.15) is 17.9 Å². The Balaban J connectivity index is 1.40. The van der Waals surface area contributed by atoms with E-state index in [1.165, 1.54) is 23.5 Å². The van der Waals surface area contributed by atoms with Gasteiger partial charge in [0, 0.05) is 0 Å². The fraction of sp³-hybridized carbons (Fsp3) is 0.160. The molecule has 0 fully saturated rings. The largest absolute Gasteiger partial charge is 0.492 e. The minimum atomic E-state index is -4.37. The minimum Gasteiger partial charge on any atom is -0.492 e. The Hall–Kier alpha value is -3.92. The van der Waals surface area contributed by atoms with Crippen LogP contribution < -0.4 is 10.1 Å². The van der Waals surface area contributed by atoms with Crippen LogP contribution >= 0.6 is 11.3 Å². The van der Waals surface area contributed by atoms with Crippen LogP contribution in [0.1, 0.15) is 11.1 Å². The number of anilines is 1. The van der Waals surface area contributed by atoms with Gasteiger partial charge in [-0.3, -0.25) is 0 Å². The van der Waals surface area contributed by atoms with E-state index in [0.29, 0.717) is 48.1 Å². The molecule has 0 saturated carbocycles. The van der Waals surface area contributed by atoms with Gasteiger partial charge in [0.2, 0.25) is 0 Å². The molecule has 6 nitrogen and oxygen atoms in total. The van der Waals surface area contributed by atoms with Crippen LogP contribution in [0.25, 0.3) is 21.9 Å². The second kappa shape index (κ2) is 9.75. The average molecular weight is 496 g/mol. The molecule has 1 N–H and O–H groups in total. The summed E-state index contributed by atoms with van der Waals surface area (Å²) < 4.78 is 46.3. The molecule has 3 aromatic heterocycles. The number of hydrogen-bond donors (Lipinski definition) is 1. The second-order valence-electron chi connectivity index (χ2n) is 7.70. The van der Waals surface area contributed by atoms with E-state index in [1.54, 1.807) is 6.33 Å². The van der Waals surface area contributed by atoms with Gasteiger partial charge >= 0.3 is 6.18 Å². The number of nitrogens with zero attached hydrogens (tertiary/aromatic N) is 4. The lowest BCUT2D eigenvalue weighted by molar-refractivity contribution is -0.137. The topological polar surface area (TPSA) is 64.9 Å². The molecule has 5 rings (SSSR count). The zero-order chi connectivity index (χ0) is 24.3. The van der Waals surface area contributed by atoms with E-state index >= 15 is 0 Å². The van der Waals surface area contributed by atoms with Gasteiger partial charge in [-0.25, -0.2) is 15.0 Å². The standard InChI is InChI=1S/C25H20F3N5OS/c26-25(27,28)18-10-8-17(9-11-18)15-33-16-30-21-23(29-12-13-34-19-5-2-1-3-6-19)31-22(32-24(21)33)20-7-4-14-35-20/h1-11,14,16H,12-13,15H2,(H,29,31,32). The van der Waals surface area contributed by atoms with Crippen molar-refractivity contribution in [2.75, 3.05) is 18.5 Å². The molecule has 178 valence electrons. The lowest BCUT2D eigenvalue weighted by Crippen LogP contribution is -2.13. The fourth-order valence-electron chi connectivity index (χ4n) is 3.55. The number of rotatable bonds is 8. The summed E-state index contributed by atoms with van der Waals surface area (Å²) in [6.45, 7) is 1.25. The molecule has 0 atom stereocenters. The van der Waals surface area contributed by atoms with Crippen molar-refractivity contribution in [2.24, 2.45) is 0 Å². The van der Waals surface area contributed by atoms with E-state index in [0.717, 1.165) is 22.8 Å². The van der Waals surface area contributed by atoms with Gasteiger partial charge < -0.3 is 14.6 Å². The van der Waals surface area contributed by atoms with Gasteiger partial charge in [-0.15, -0.1) is 11.3 Å². The molecule has 0 radical (unpaired) electrons. The SMILES string of the molecule is FC(F)(F)c1ccc(Cn2cnc3c(NCCOc4ccccc4)nc(-c4cccs4)nc32)cc1. The molecule has 0 aliphatic heterocycles. The molecule has 5 aromatic rings. The Bertz CT molecular complexity index is 1400. The van der Waals surface area contributed by atoms with Crippen molar-refractivity contribution in [3.05, 3.63) is 89.6 Å². The van der Waals surface area contributed by atoms with Crippen LogP contribution in [0.15, 0.2) is 78.4 Å². The highest BCUT2D eigenvalue weighted by Gasteiger charge is 2.30. The molecular weight excluding hydrogens is 475 g/mol. The highest BCUT2D eigenvalue weighted by molar-refractivity contribution is 7.13. The van der Waals surface area contributed by atoms with E-state index in [1.807, 2.05) is 52.4 Å². The molecule has 10 heteroatoms. The van der Waals surface area contributed by atoms with E-state index in [-0.39, 0.29) is 0 Å². The smallest absolute Gasteiger partial charge is 0.416 e. The van der Waals surface area contributed by atoms with Gasteiger partial charge in [0.25, 0.3) is 0 Å². The third-order valence-corrected chi connectivity index (χ3v) is 6.11. The average Bonchev–Trinajstić information content (AvgIpc) is 3.53. The molecule has 3 heterocycles. The number of fused-ring (bicyclic) bond motifs is 1. The molecule has 0 unspecified atom stereocenters. The van der Waals surface area contributed by atoms with Crippen molar-refractivity contribution in [2.45, 2.75) is 12.7 Å². The van der Waals surface area contributed by atoms with E-state index < -0.39 is 11.7 Å². The Kier molecular flexibility index (Phi) is 6.37. The number of imidazole rings is 1. The fourth-order valence-corrected chi connectivity index (χ4v) is 4.21. The summed E-state index contributed by atoms with van der Waals surface area (Å²) in [6.07, 6.45) is -2.74. The zero-order valence-corrected chi connectivity index (χ0v) is 19.2.